The van der Waals surface area contributed by atoms with Crippen LogP contribution in [0, 0.1) is 12.1 Å². The van der Waals surface area contributed by atoms with Crippen LogP contribution in [0.3, 0.4) is 0 Å². The molecule has 1 aromatic carbocycles. The zero-order valence-corrected chi connectivity index (χ0v) is 17.3. The van der Waals surface area contributed by atoms with Gasteiger partial charge in [-0.2, -0.15) is 18.5 Å². The first-order valence-electron chi connectivity index (χ1n) is 9.32. The van der Waals surface area contributed by atoms with Crippen LogP contribution in [-0.4, -0.2) is 53.7 Å². The molecule has 0 amide bonds. The molecule has 14 heteroatoms. The van der Waals surface area contributed by atoms with Gasteiger partial charge in [0.2, 0.25) is 12.9 Å². The second-order valence-corrected chi connectivity index (χ2v) is 7.51. The summed E-state index contributed by atoms with van der Waals surface area (Å²) < 4.78 is 50.2. The first kappa shape index (κ1) is 24.2. The van der Waals surface area contributed by atoms with Gasteiger partial charge in [0.15, 0.2) is 6.04 Å². The summed E-state index contributed by atoms with van der Waals surface area (Å²) >= 11 is 5.93. The van der Waals surface area contributed by atoms with Crippen molar-refractivity contribution in [3.8, 4) is 5.75 Å². The average molecular weight is 482 g/mol. The number of rotatable bonds is 7. The van der Waals surface area contributed by atoms with Gasteiger partial charge >= 0.3 is 18.1 Å². The normalized spacial score (nSPS) is 22.0. The van der Waals surface area contributed by atoms with Gasteiger partial charge in [0.1, 0.15) is 5.75 Å². The molecule has 1 aromatic rings. The number of halogens is 4. The highest BCUT2D eigenvalue weighted by atomic mass is 35.5. The Labute approximate surface area is 184 Å². The summed E-state index contributed by atoms with van der Waals surface area (Å²) in [5, 5.41) is 21.4. The number of fused-ring (bicyclic) bond motifs is 1. The van der Waals surface area contributed by atoms with Gasteiger partial charge in [0.05, 0.1) is 12.1 Å². The molecular formula is C18H19ClF3N3O7. The summed E-state index contributed by atoms with van der Waals surface area (Å²) in [4.78, 5) is 28.1. The van der Waals surface area contributed by atoms with E-state index in [0.717, 1.165) is 11.1 Å². The maximum absolute atomic E-state index is 13.5. The molecule has 3 N–H and O–H groups in total. The van der Waals surface area contributed by atoms with Crippen molar-refractivity contribution in [1.29, 1.82) is 0 Å². The largest absolute Gasteiger partial charge is 0.591 e. The lowest BCUT2D eigenvalue weighted by Gasteiger charge is -2.31. The summed E-state index contributed by atoms with van der Waals surface area (Å²) in [6.07, 6.45) is -5.76. The summed E-state index contributed by atoms with van der Waals surface area (Å²) in [6.45, 7) is 0.783. The highest BCUT2D eigenvalue weighted by Crippen LogP contribution is 2.40. The number of benzene rings is 1. The lowest BCUT2D eigenvalue weighted by atomic mass is 9.99. The fraction of sp³-hybridized carbons (Fsp3) is 0.444. The average Bonchev–Trinajstić information content (AvgIpc) is 3.19. The summed E-state index contributed by atoms with van der Waals surface area (Å²) in [5.41, 5.74) is 1.60. The van der Waals surface area contributed by atoms with E-state index in [0.29, 0.717) is 12.0 Å². The summed E-state index contributed by atoms with van der Waals surface area (Å²) in [7, 11) is 0. The van der Waals surface area contributed by atoms with Gasteiger partial charge in [-0.25, -0.2) is 9.63 Å². The molecule has 3 atom stereocenters. The first-order chi connectivity index (χ1) is 15.0. The number of hydrogen-bond donors (Lipinski definition) is 3. The number of quaternary nitrogens is 1. The lowest BCUT2D eigenvalue weighted by Crippen LogP contribution is -3.20. The Bertz CT molecular complexity index is 928. The van der Waals surface area contributed by atoms with E-state index in [-0.39, 0.29) is 29.3 Å². The van der Waals surface area contributed by atoms with Crippen molar-refractivity contribution in [2.24, 2.45) is 0 Å². The third kappa shape index (κ3) is 5.31. The van der Waals surface area contributed by atoms with Gasteiger partial charge < -0.3 is 19.8 Å². The molecule has 2 aliphatic rings. The van der Waals surface area contributed by atoms with E-state index in [1.165, 1.54) is 19.1 Å². The summed E-state index contributed by atoms with van der Waals surface area (Å²) in [6, 6.07) is 1.75. The van der Waals surface area contributed by atoms with Gasteiger partial charge in [-0.05, 0) is 49.1 Å². The van der Waals surface area contributed by atoms with Crippen molar-refractivity contribution >= 4 is 29.6 Å². The van der Waals surface area contributed by atoms with Crippen molar-refractivity contribution in [3.05, 3.63) is 39.1 Å². The number of alkyl halides is 3. The fourth-order valence-corrected chi connectivity index (χ4v) is 3.72. The molecule has 1 unspecified atom stereocenters. The first-order valence-corrected chi connectivity index (χ1v) is 9.70. The van der Waals surface area contributed by atoms with Crippen LogP contribution in [0.15, 0.2) is 17.7 Å². The van der Waals surface area contributed by atoms with Crippen molar-refractivity contribution in [2.75, 3.05) is 13.3 Å². The van der Waals surface area contributed by atoms with Crippen LogP contribution in [0.4, 0.5) is 13.2 Å². The van der Waals surface area contributed by atoms with Gasteiger partial charge in [-0.15, -0.1) is 5.01 Å². The lowest BCUT2D eigenvalue weighted by molar-refractivity contribution is -1.04. The highest BCUT2D eigenvalue weighted by Gasteiger charge is 2.49. The topological polar surface area (TPSA) is 125 Å². The number of hydrogen-bond acceptors (Lipinski definition) is 8. The minimum absolute atomic E-state index is 0.0598. The molecule has 0 spiro atoms. The molecular weight excluding hydrogens is 463 g/mol. The number of aliphatic carboxylic acids is 1. The second kappa shape index (κ2) is 9.60. The van der Waals surface area contributed by atoms with Gasteiger partial charge in [0, 0.05) is 10.6 Å². The molecule has 3 rings (SSSR count). The van der Waals surface area contributed by atoms with Crippen LogP contribution in [0.1, 0.15) is 24.0 Å². The Hall–Kier alpha value is -2.42. The molecule has 2 aliphatic heterocycles. The van der Waals surface area contributed by atoms with E-state index >= 15 is 0 Å². The zero-order chi connectivity index (χ0) is 23.6. The minimum atomic E-state index is -4.91. The second-order valence-electron chi connectivity index (χ2n) is 7.07. The number of aryl methyl sites for hydroxylation is 1. The zero-order valence-electron chi connectivity index (χ0n) is 16.6. The molecule has 0 aliphatic carbocycles. The van der Waals surface area contributed by atoms with Crippen molar-refractivity contribution < 1.29 is 47.5 Å². The minimum Gasteiger partial charge on any atom is -0.591 e. The van der Waals surface area contributed by atoms with E-state index in [2.05, 4.69) is 9.57 Å². The molecule has 0 radical (unpaired) electrons. The van der Waals surface area contributed by atoms with E-state index in [1.807, 2.05) is 5.59 Å². The SMILES string of the molecule is Cc1cc(Cl)cc2c1O[C@H](C(F)(F)F)C(C(=O)OCON[NH+]([O-])N1CCC[C@H]1C(=O)O)=C2. The maximum atomic E-state index is 13.5. The van der Waals surface area contributed by atoms with E-state index in [9.17, 15) is 28.0 Å². The summed E-state index contributed by atoms with van der Waals surface area (Å²) in [5.74, 6) is -2.62. The maximum Gasteiger partial charge on any atom is 0.430 e. The molecule has 1 saturated heterocycles. The Kier molecular flexibility index (Phi) is 7.27. The van der Waals surface area contributed by atoms with E-state index in [1.54, 1.807) is 0 Å². The quantitative estimate of drug-likeness (QED) is 0.227. The predicted molar refractivity (Wildman–Crippen MR) is 102 cm³/mol. The number of carboxylic acids is 1. The fourth-order valence-electron chi connectivity index (χ4n) is 3.44. The molecule has 2 heterocycles. The van der Waals surface area contributed by atoms with Gasteiger partial charge in [0.25, 0.3) is 0 Å². The molecule has 0 aromatic heterocycles. The smallest absolute Gasteiger partial charge is 0.430 e. The standard InChI is InChI=1S/C18H19ClF3N3O7/c1-9-5-11(19)6-10-7-12(15(18(20,21)22)32-14(9)10)17(28)30-8-31-23-25(29)24-4-2-3-13(24)16(26)27/h5-7,13,15,23,25H,2-4,8H2,1H3,(H,26,27)/t13-,15-/m0/s1. The highest BCUT2D eigenvalue weighted by molar-refractivity contribution is 6.30. The number of esters is 1. The third-order valence-electron chi connectivity index (χ3n) is 4.84. The number of ether oxygens (including phenoxy) is 2. The number of carbonyl (C=O) groups is 2. The van der Waals surface area contributed by atoms with Crippen LogP contribution < -0.4 is 15.6 Å². The Balaban J connectivity index is 1.63. The monoisotopic (exact) mass is 481 g/mol. The van der Waals surface area contributed by atoms with Crippen LogP contribution in [-0.2, 0) is 19.2 Å². The van der Waals surface area contributed by atoms with E-state index < -0.39 is 47.9 Å². The van der Waals surface area contributed by atoms with E-state index in [4.69, 9.17) is 21.4 Å². The molecule has 0 bridgehead atoms. The van der Waals surface area contributed by atoms with Crippen LogP contribution in [0.5, 0.6) is 5.75 Å². The number of carboxylic acid groups (broad SMARTS) is 1. The Morgan fingerprint density at radius 3 is 2.81 bits per heavy atom. The number of nitrogens with zero attached hydrogens (tertiary/aromatic N) is 1. The van der Waals surface area contributed by atoms with Crippen molar-refractivity contribution in [2.45, 2.75) is 38.1 Å². The molecule has 176 valence electrons. The Morgan fingerprint density at radius 2 is 2.16 bits per heavy atom. The Morgan fingerprint density at radius 1 is 1.44 bits per heavy atom. The van der Waals surface area contributed by atoms with Crippen molar-refractivity contribution in [3.63, 3.8) is 0 Å². The molecule has 1 fully saturated rings. The third-order valence-corrected chi connectivity index (χ3v) is 5.06. The van der Waals surface area contributed by atoms with Gasteiger partial charge in [-0.3, -0.25) is 4.79 Å². The number of nitrogens with one attached hydrogen (secondary N) is 2. The molecule has 10 nitrogen and oxygen atoms in total. The van der Waals surface area contributed by atoms with Crippen molar-refractivity contribution in [1.82, 2.24) is 10.6 Å². The van der Waals surface area contributed by atoms with Crippen LogP contribution in [0.2, 0.25) is 5.02 Å². The molecule has 32 heavy (non-hydrogen) atoms. The predicted octanol–water partition coefficient (Wildman–Crippen LogP) is 1.14. The molecule has 0 saturated carbocycles. The van der Waals surface area contributed by atoms with Crippen LogP contribution >= 0.6 is 11.6 Å². The number of carbonyl (C=O) groups excluding carboxylic acids is 1. The van der Waals surface area contributed by atoms with Crippen LogP contribution in [0.25, 0.3) is 6.08 Å². The van der Waals surface area contributed by atoms with Gasteiger partial charge in [-0.1, -0.05) is 11.6 Å².